The van der Waals surface area contributed by atoms with Crippen LogP contribution in [0.1, 0.15) is 33.8 Å². The molecule has 3 rings (SSSR count). The fraction of sp³-hybridized carbons (Fsp3) is 0.267. The molecule has 1 amide bonds. The van der Waals surface area contributed by atoms with Gasteiger partial charge in [-0.1, -0.05) is 11.6 Å². The standard InChI is InChI=1S/C15H15ClN2OS/c1-9(13-4-5-14(16)20-13)18-15(19)11-2-3-12-10(8-11)6-7-17-12/h2-5,8-9,17H,6-7H2,1H3,(H,18,19). The van der Waals surface area contributed by atoms with Crippen LogP contribution in [0.5, 0.6) is 0 Å². The summed E-state index contributed by atoms with van der Waals surface area (Å²) in [6, 6.07) is 9.57. The van der Waals surface area contributed by atoms with Crippen molar-refractivity contribution in [1.82, 2.24) is 5.32 Å². The van der Waals surface area contributed by atoms with E-state index in [1.54, 1.807) is 0 Å². The van der Waals surface area contributed by atoms with Gasteiger partial charge in [0.2, 0.25) is 0 Å². The normalized spacial score (nSPS) is 14.5. The number of carbonyl (C=O) groups is 1. The number of thiophene rings is 1. The lowest BCUT2D eigenvalue weighted by molar-refractivity contribution is 0.0940. The Kier molecular flexibility index (Phi) is 3.68. The van der Waals surface area contributed by atoms with E-state index in [-0.39, 0.29) is 11.9 Å². The van der Waals surface area contributed by atoms with E-state index >= 15 is 0 Å². The van der Waals surface area contributed by atoms with Gasteiger partial charge in [-0.2, -0.15) is 0 Å². The van der Waals surface area contributed by atoms with Crippen molar-refractivity contribution in [2.75, 3.05) is 11.9 Å². The van der Waals surface area contributed by atoms with Crippen LogP contribution < -0.4 is 10.6 Å². The van der Waals surface area contributed by atoms with Crippen molar-refractivity contribution >= 4 is 34.5 Å². The molecule has 1 unspecified atom stereocenters. The lowest BCUT2D eigenvalue weighted by atomic mass is 10.1. The van der Waals surface area contributed by atoms with Crippen LogP contribution in [-0.2, 0) is 6.42 Å². The second-order valence-corrected chi connectivity index (χ2v) is 6.63. The first-order chi connectivity index (χ1) is 9.63. The highest BCUT2D eigenvalue weighted by molar-refractivity contribution is 7.16. The molecule has 1 atom stereocenters. The van der Waals surface area contributed by atoms with E-state index in [0.717, 1.165) is 27.9 Å². The highest BCUT2D eigenvalue weighted by atomic mass is 35.5. The molecule has 1 aromatic carbocycles. The Hall–Kier alpha value is -1.52. The lowest BCUT2D eigenvalue weighted by Gasteiger charge is -2.12. The zero-order valence-corrected chi connectivity index (χ0v) is 12.6. The molecule has 2 heterocycles. The van der Waals surface area contributed by atoms with Crippen LogP contribution in [0.3, 0.4) is 0 Å². The van der Waals surface area contributed by atoms with Gasteiger partial charge in [0, 0.05) is 22.7 Å². The van der Waals surface area contributed by atoms with E-state index in [0.29, 0.717) is 5.56 Å². The van der Waals surface area contributed by atoms with Gasteiger partial charge in [-0.05, 0) is 49.2 Å². The number of nitrogens with one attached hydrogen (secondary N) is 2. The molecule has 5 heteroatoms. The molecule has 1 aromatic heterocycles. The highest BCUT2D eigenvalue weighted by Crippen LogP contribution is 2.27. The average molecular weight is 307 g/mol. The minimum absolute atomic E-state index is 0.0358. The summed E-state index contributed by atoms with van der Waals surface area (Å²) in [5, 5.41) is 6.30. The summed E-state index contributed by atoms with van der Waals surface area (Å²) in [6.07, 6.45) is 0.979. The Morgan fingerprint density at radius 3 is 3.00 bits per heavy atom. The molecule has 0 aliphatic carbocycles. The third-order valence-corrected chi connectivity index (χ3v) is 4.86. The number of halogens is 1. The zero-order valence-electron chi connectivity index (χ0n) is 11.1. The van der Waals surface area contributed by atoms with Crippen molar-refractivity contribution in [2.24, 2.45) is 0 Å². The van der Waals surface area contributed by atoms with Crippen LogP contribution in [0.25, 0.3) is 0 Å². The Morgan fingerprint density at radius 1 is 1.40 bits per heavy atom. The van der Waals surface area contributed by atoms with Crippen LogP contribution >= 0.6 is 22.9 Å². The number of anilines is 1. The third kappa shape index (κ3) is 2.67. The minimum atomic E-state index is -0.0447. The Labute approximate surface area is 127 Å². The number of fused-ring (bicyclic) bond motifs is 1. The Bertz CT molecular complexity index is 653. The molecule has 3 nitrogen and oxygen atoms in total. The topological polar surface area (TPSA) is 41.1 Å². The molecular weight excluding hydrogens is 292 g/mol. The maximum absolute atomic E-state index is 12.3. The second kappa shape index (κ2) is 5.46. The van der Waals surface area contributed by atoms with Crippen molar-refractivity contribution in [3.05, 3.63) is 50.7 Å². The number of amides is 1. The molecule has 1 aliphatic rings. The number of rotatable bonds is 3. The fourth-order valence-electron chi connectivity index (χ4n) is 2.36. The Balaban J connectivity index is 1.73. The number of benzene rings is 1. The van der Waals surface area contributed by atoms with Gasteiger partial charge in [0.15, 0.2) is 0 Å². The molecule has 0 spiro atoms. The van der Waals surface area contributed by atoms with Gasteiger partial charge < -0.3 is 10.6 Å². The molecule has 2 aromatic rings. The van der Waals surface area contributed by atoms with Crippen LogP contribution in [0, 0.1) is 0 Å². The molecule has 0 saturated carbocycles. The van der Waals surface area contributed by atoms with E-state index in [2.05, 4.69) is 10.6 Å². The summed E-state index contributed by atoms with van der Waals surface area (Å²) in [4.78, 5) is 13.3. The van der Waals surface area contributed by atoms with E-state index in [4.69, 9.17) is 11.6 Å². The van der Waals surface area contributed by atoms with Crippen LogP contribution in [-0.4, -0.2) is 12.5 Å². The average Bonchev–Trinajstić information content (AvgIpc) is 3.05. The minimum Gasteiger partial charge on any atom is -0.384 e. The fourth-order valence-corrected chi connectivity index (χ4v) is 3.42. The number of carbonyl (C=O) groups excluding carboxylic acids is 1. The summed E-state index contributed by atoms with van der Waals surface area (Å²) >= 11 is 7.41. The summed E-state index contributed by atoms with van der Waals surface area (Å²) in [7, 11) is 0. The molecule has 0 fully saturated rings. The van der Waals surface area contributed by atoms with Gasteiger partial charge in [0.1, 0.15) is 0 Å². The maximum atomic E-state index is 12.3. The lowest BCUT2D eigenvalue weighted by Crippen LogP contribution is -2.26. The molecule has 104 valence electrons. The monoisotopic (exact) mass is 306 g/mol. The first-order valence-electron chi connectivity index (χ1n) is 6.56. The van der Waals surface area contributed by atoms with E-state index in [1.807, 2.05) is 37.3 Å². The quantitative estimate of drug-likeness (QED) is 0.904. The predicted molar refractivity (Wildman–Crippen MR) is 83.8 cm³/mol. The third-order valence-electron chi connectivity index (χ3n) is 3.45. The smallest absolute Gasteiger partial charge is 0.251 e. The molecule has 0 saturated heterocycles. The summed E-state index contributed by atoms with van der Waals surface area (Å²) in [5.74, 6) is -0.0447. The van der Waals surface area contributed by atoms with Crippen LogP contribution in [0.4, 0.5) is 5.69 Å². The van der Waals surface area contributed by atoms with Gasteiger partial charge in [-0.15, -0.1) is 11.3 Å². The van der Waals surface area contributed by atoms with Gasteiger partial charge in [-0.3, -0.25) is 4.79 Å². The molecule has 1 aliphatic heterocycles. The first kappa shape index (κ1) is 13.5. The molecule has 2 N–H and O–H groups in total. The van der Waals surface area contributed by atoms with E-state index < -0.39 is 0 Å². The molecule has 0 bridgehead atoms. The zero-order chi connectivity index (χ0) is 14.1. The second-order valence-electron chi connectivity index (χ2n) is 4.89. The summed E-state index contributed by atoms with van der Waals surface area (Å²) in [5.41, 5.74) is 3.06. The van der Waals surface area contributed by atoms with Gasteiger partial charge in [0.05, 0.1) is 10.4 Å². The maximum Gasteiger partial charge on any atom is 0.251 e. The van der Waals surface area contributed by atoms with Crippen molar-refractivity contribution in [3.63, 3.8) is 0 Å². The molecular formula is C15H15ClN2OS. The van der Waals surface area contributed by atoms with Gasteiger partial charge >= 0.3 is 0 Å². The van der Waals surface area contributed by atoms with Crippen molar-refractivity contribution in [1.29, 1.82) is 0 Å². The Morgan fingerprint density at radius 2 is 2.25 bits per heavy atom. The molecule has 0 radical (unpaired) electrons. The van der Waals surface area contributed by atoms with E-state index in [1.165, 1.54) is 16.9 Å². The van der Waals surface area contributed by atoms with E-state index in [9.17, 15) is 4.79 Å². The first-order valence-corrected chi connectivity index (χ1v) is 7.76. The SMILES string of the molecule is CC(NC(=O)c1ccc2c(c1)CCN2)c1ccc(Cl)s1. The molecule has 20 heavy (non-hydrogen) atoms. The predicted octanol–water partition coefficient (Wildman–Crippen LogP) is 3.86. The summed E-state index contributed by atoms with van der Waals surface area (Å²) in [6.45, 7) is 2.92. The largest absolute Gasteiger partial charge is 0.384 e. The summed E-state index contributed by atoms with van der Waals surface area (Å²) < 4.78 is 0.740. The van der Waals surface area contributed by atoms with Gasteiger partial charge in [-0.25, -0.2) is 0 Å². The number of hydrogen-bond donors (Lipinski definition) is 2. The highest BCUT2D eigenvalue weighted by Gasteiger charge is 2.16. The van der Waals surface area contributed by atoms with Crippen molar-refractivity contribution < 1.29 is 4.79 Å². The van der Waals surface area contributed by atoms with Gasteiger partial charge in [0.25, 0.3) is 5.91 Å². The van der Waals surface area contributed by atoms with Crippen molar-refractivity contribution in [3.8, 4) is 0 Å². The van der Waals surface area contributed by atoms with Crippen LogP contribution in [0.15, 0.2) is 30.3 Å². The van der Waals surface area contributed by atoms with Crippen molar-refractivity contribution in [2.45, 2.75) is 19.4 Å². The van der Waals surface area contributed by atoms with Crippen LogP contribution in [0.2, 0.25) is 4.34 Å². The number of hydrogen-bond acceptors (Lipinski definition) is 3.